The van der Waals surface area contributed by atoms with E-state index in [0.717, 1.165) is 0 Å². The number of hydrogen-bond donors (Lipinski definition) is 2. The summed E-state index contributed by atoms with van der Waals surface area (Å²) in [4.78, 5) is 3.94. The molecule has 0 spiro atoms. The van der Waals surface area contributed by atoms with Crippen molar-refractivity contribution in [1.29, 1.82) is 0 Å². The van der Waals surface area contributed by atoms with E-state index in [2.05, 4.69) is 10.4 Å². The first kappa shape index (κ1) is 13.7. The number of aromatic nitrogens is 1. The zero-order chi connectivity index (χ0) is 12.7. The summed E-state index contributed by atoms with van der Waals surface area (Å²) in [5.41, 5.74) is 3.10. The van der Waals surface area contributed by atoms with Gasteiger partial charge in [-0.1, -0.05) is 6.07 Å². The highest BCUT2D eigenvalue weighted by molar-refractivity contribution is 5.41. The van der Waals surface area contributed by atoms with Crippen molar-refractivity contribution >= 4 is 5.82 Å². The molecule has 0 unspecified atom stereocenters. The lowest BCUT2D eigenvalue weighted by Gasteiger charge is -2.09. The van der Waals surface area contributed by atoms with Crippen LogP contribution < -0.4 is 11.3 Å². The van der Waals surface area contributed by atoms with Crippen LogP contribution in [0.3, 0.4) is 0 Å². The summed E-state index contributed by atoms with van der Waals surface area (Å²) >= 11 is 0. The van der Waals surface area contributed by atoms with Crippen molar-refractivity contribution in [2.75, 3.05) is 12.0 Å². The molecule has 96 valence electrons. The van der Waals surface area contributed by atoms with Crippen LogP contribution in [0.4, 0.5) is 19.0 Å². The third-order valence-corrected chi connectivity index (χ3v) is 2.03. The van der Waals surface area contributed by atoms with Gasteiger partial charge in [-0.05, 0) is 12.5 Å². The predicted molar refractivity (Wildman–Crippen MR) is 57.0 cm³/mol. The first-order valence-corrected chi connectivity index (χ1v) is 5.08. The lowest BCUT2D eigenvalue weighted by Crippen LogP contribution is -2.12. The maximum atomic E-state index is 11.8. The van der Waals surface area contributed by atoms with Gasteiger partial charge in [0.25, 0.3) is 0 Å². The molecule has 0 bridgehead atoms. The fourth-order valence-corrected chi connectivity index (χ4v) is 1.24. The number of ether oxygens (including phenoxy) is 1. The van der Waals surface area contributed by atoms with Crippen molar-refractivity contribution in [3.63, 3.8) is 0 Å². The molecule has 17 heavy (non-hydrogen) atoms. The lowest BCUT2D eigenvalue weighted by molar-refractivity contribution is -0.138. The van der Waals surface area contributed by atoms with Crippen molar-refractivity contribution in [3.05, 3.63) is 23.9 Å². The van der Waals surface area contributed by atoms with E-state index in [1.807, 2.05) is 0 Å². The van der Waals surface area contributed by atoms with Gasteiger partial charge >= 0.3 is 6.18 Å². The van der Waals surface area contributed by atoms with E-state index in [1.165, 1.54) is 0 Å². The van der Waals surface area contributed by atoms with Gasteiger partial charge in [-0.15, -0.1) is 0 Å². The van der Waals surface area contributed by atoms with E-state index in [4.69, 9.17) is 10.6 Å². The molecule has 1 rings (SSSR count). The monoisotopic (exact) mass is 249 g/mol. The molecule has 0 aliphatic rings. The van der Waals surface area contributed by atoms with Crippen molar-refractivity contribution in [2.24, 2.45) is 5.84 Å². The van der Waals surface area contributed by atoms with Crippen LogP contribution in [0.15, 0.2) is 18.3 Å². The Labute approximate surface area is 96.9 Å². The summed E-state index contributed by atoms with van der Waals surface area (Å²) in [6.07, 6.45) is -3.44. The molecule has 0 atom stereocenters. The molecule has 1 heterocycles. The number of halogens is 3. The molecule has 4 nitrogen and oxygen atoms in total. The Bertz CT molecular complexity index is 344. The van der Waals surface area contributed by atoms with Crippen LogP contribution in [-0.2, 0) is 11.3 Å². The quantitative estimate of drug-likeness (QED) is 0.461. The number of hydrogen-bond acceptors (Lipinski definition) is 4. The van der Waals surface area contributed by atoms with Gasteiger partial charge in [0.15, 0.2) is 0 Å². The molecular formula is C10H14F3N3O. The summed E-state index contributed by atoms with van der Waals surface area (Å²) in [5.74, 6) is 5.68. The maximum Gasteiger partial charge on any atom is 0.389 e. The molecule has 0 radical (unpaired) electrons. The van der Waals surface area contributed by atoms with Gasteiger partial charge < -0.3 is 10.2 Å². The standard InChI is InChI=1S/C10H14F3N3O/c11-10(12,13)4-2-6-17-7-8-3-1-5-15-9(8)16-14/h1,3,5H,2,4,6-7,14H2,(H,15,16). The summed E-state index contributed by atoms with van der Waals surface area (Å²) in [7, 11) is 0. The van der Waals surface area contributed by atoms with Gasteiger partial charge in [0, 0.05) is 24.8 Å². The maximum absolute atomic E-state index is 11.8. The van der Waals surface area contributed by atoms with Crippen molar-refractivity contribution < 1.29 is 17.9 Å². The minimum Gasteiger partial charge on any atom is -0.377 e. The van der Waals surface area contributed by atoms with Gasteiger partial charge in [-0.2, -0.15) is 13.2 Å². The highest BCUT2D eigenvalue weighted by Crippen LogP contribution is 2.21. The summed E-state index contributed by atoms with van der Waals surface area (Å²) in [6.45, 7) is 0.240. The number of nitrogens with zero attached hydrogens (tertiary/aromatic N) is 1. The predicted octanol–water partition coefficient (Wildman–Crippen LogP) is 2.23. The minimum atomic E-state index is -4.12. The van der Waals surface area contributed by atoms with Crippen LogP contribution in [0.1, 0.15) is 18.4 Å². The van der Waals surface area contributed by atoms with E-state index in [-0.39, 0.29) is 19.6 Å². The van der Waals surface area contributed by atoms with E-state index in [1.54, 1.807) is 18.3 Å². The third kappa shape index (κ3) is 5.50. The molecule has 1 aromatic heterocycles. The van der Waals surface area contributed by atoms with Crippen LogP contribution in [0.5, 0.6) is 0 Å². The molecule has 0 aliphatic heterocycles. The fraction of sp³-hybridized carbons (Fsp3) is 0.500. The summed E-state index contributed by atoms with van der Waals surface area (Å²) in [6, 6.07) is 3.45. The van der Waals surface area contributed by atoms with Gasteiger partial charge in [-0.25, -0.2) is 10.8 Å². The Morgan fingerprint density at radius 3 is 2.82 bits per heavy atom. The Kier molecular flexibility index (Phi) is 5.17. The van der Waals surface area contributed by atoms with Gasteiger partial charge in [0.1, 0.15) is 5.82 Å². The molecule has 1 aromatic rings. The Hall–Kier alpha value is -1.34. The van der Waals surface area contributed by atoms with Gasteiger partial charge in [0.2, 0.25) is 0 Å². The second-order valence-electron chi connectivity index (χ2n) is 3.43. The first-order chi connectivity index (χ1) is 8.03. The first-order valence-electron chi connectivity index (χ1n) is 5.08. The van der Waals surface area contributed by atoms with E-state index >= 15 is 0 Å². The highest BCUT2D eigenvalue weighted by atomic mass is 19.4. The van der Waals surface area contributed by atoms with Gasteiger partial charge in [0.05, 0.1) is 6.61 Å². The summed E-state index contributed by atoms with van der Waals surface area (Å²) < 4.78 is 40.6. The average Bonchev–Trinajstić information content (AvgIpc) is 2.27. The van der Waals surface area contributed by atoms with Crippen LogP contribution in [0.25, 0.3) is 0 Å². The molecule has 0 aromatic carbocycles. The number of nitrogens with one attached hydrogen (secondary N) is 1. The van der Waals surface area contributed by atoms with Crippen molar-refractivity contribution in [1.82, 2.24) is 4.98 Å². The minimum absolute atomic E-state index is 0.0465. The van der Waals surface area contributed by atoms with Crippen LogP contribution in [-0.4, -0.2) is 17.8 Å². The highest BCUT2D eigenvalue weighted by Gasteiger charge is 2.25. The number of hydrazine groups is 1. The van der Waals surface area contributed by atoms with Crippen molar-refractivity contribution in [3.8, 4) is 0 Å². The molecule has 0 saturated carbocycles. The number of nitrogen functional groups attached to an aromatic ring is 1. The normalized spacial score (nSPS) is 11.5. The largest absolute Gasteiger partial charge is 0.389 e. The van der Waals surface area contributed by atoms with E-state index in [0.29, 0.717) is 11.4 Å². The molecule has 3 N–H and O–H groups in total. The molecule has 0 aliphatic carbocycles. The molecule has 0 amide bonds. The number of nitrogens with two attached hydrogens (primary N) is 1. The van der Waals surface area contributed by atoms with Crippen LogP contribution in [0.2, 0.25) is 0 Å². The number of anilines is 1. The molecule has 0 fully saturated rings. The van der Waals surface area contributed by atoms with Crippen molar-refractivity contribution in [2.45, 2.75) is 25.6 Å². The molecular weight excluding hydrogens is 235 g/mol. The average molecular weight is 249 g/mol. The summed E-state index contributed by atoms with van der Waals surface area (Å²) in [5, 5.41) is 0. The second kappa shape index (κ2) is 6.41. The lowest BCUT2D eigenvalue weighted by atomic mass is 10.2. The Balaban J connectivity index is 2.27. The zero-order valence-electron chi connectivity index (χ0n) is 9.13. The molecule has 0 saturated heterocycles. The smallest absolute Gasteiger partial charge is 0.377 e. The van der Waals surface area contributed by atoms with Crippen LogP contribution in [0, 0.1) is 0 Å². The molecule has 7 heteroatoms. The SMILES string of the molecule is NNc1ncccc1COCCCC(F)(F)F. The number of rotatable bonds is 6. The zero-order valence-corrected chi connectivity index (χ0v) is 9.13. The number of pyridine rings is 1. The second-order valence-corrected chi connectivity index (χ2v) is 3.43. The van der Waals surface area contributed by atoms with Crippen LogP contribution >= 0.6 is 0 Å². The Morgan fingerprint density at radius 1 is 1.41 bits per heavy atom. The topological polar surface area (TPSA) is 60.2 Å². The Morgan fingerprint density at radius 2 is 2.18 bits per heavy atom. The van der Waals surface area contributed by atoms with E-state index < -0.39 is 12.6 Å². The van der Waals surface area contributed by atoms with E-state index in [9.17, 15) is 13.2 Å². The van der Waals surface area contributed by atoms with Gasteiger partial charge in [-0.3, -0.25) is 0 Å². The number of alkyl halides is 3. The fourth-order valence-electron chi connectivity index (χ4n) is 1.24. The third-order valence-electron chi connectivity index (χ3n) is 2.03.